The lowest BCUT2D eigenvalue weighted by atomic mass is 9.92. The molecule has 2 atom stereocenters. The van der Waals surface area contributed by atoms with Crippen molar-refractivity contribution in [1.82, 2.24) is 4.90 Å². The average Bonchev–Trinajstić information content (AvgIpc) is 2.48. The number of allylic oxidation sites excluding steroid dienone is 1. The third-order valence-corrected chi connectivity index (χ3v) is 4.14. The van der Waals surface area contributed by atoms with Crippen LogP contribution in [0.5, 0.6) is 0 Å². The van der Waals surface area contributed by atoms with Crippen molar-refractivity contribution in [2.24, 2.45) is 11.7 Å². The minimum absolute atomic E-state index is 0.0465. The van der Waals surface area contributed by atoms with Crippen molar-refractivity contribution >= 4 is 17.4 Å². The topological polar surface area (TPSA) is 63.4 Å². The van der Waals surface area contributed by atoms with Gasteiger partial charge in [0.05, 0.1) is 5.92 Å². The number of benzene rings is 1. The fourth-order valence-corrected chi connectivity index (χ4v) is 2.70. The molecule has 0 bridgehead atoms. The fraction of sp³-hybridized carbons (Fsp3) is 0.412. The van der Waals surface area contributed by atoms with Crippen LogP contribution in [0.4, 0.5) is 0 Å². The van der Waals surface area contributed by atoms with Crippen molar-refractivity contribution in [3.05, 3.63) is 42.0 Å². The van der Waals surface area contributed by atoms with Gasteiger partial charge in [-0.05, 0) is 37.8 Å². The molecule has 1 aliphatic heterocycles. The number of carbonyl (C=O) groups excluding carboxylic acids is 2. The van der Waals surface area contributed by atoms with E-state index < -0.39 is 0 Å². The van der Waals surface area contributed by atoms with E-state index in [1.54, 1.807) is 11.0 Å². The number of carbonyl (C=O) groups is 2. The highest BCUT2D eigenvalue weighted by Gasteiger charge is 2.30. The van der Waals surface area contributed by atoms with E-state index in [0.717, 1.165) is 24.0 Å². The lowest BCUT2D eigenvalue weighted by Gasteiger charge is -2.36. The van der Waals surface area contributed by atoms with Crippen LogP contribution in [0.15, 0.2) is 36.4 Å². The number of amides is 2. The van der Waals surface area contributed by atoms with E-state index in [4.69, 9.17) is 5.73 Å². The highest BCUT2D eigenvalue weighted by atomic mass is 16.2. The summed E-state index contributed by atoms with van der Waals surface area (Å²) in [5.74, 6) is -0.589. The van der Waals surface area contributed by atoms with E-state index in [2.05, 4.69) is 0 Å². The molecule has 0 radical (unpaired) electrons. The summed E-state index contributed by atoms with van der Waals surface area (Å²) in [5.41, 5.74) is 7.33. The first-order chi connectivity index (χ1) is 9.99. The number of hydrogen-bond donors (Lipinski definition) is 1. The van der Waals surface area contributed by atoms with Crippen molar-refractivity contribution in [3.8, 4) is 0 Å². The van der Waals surface area contributed by atoms with Crippen molar-refractivity contribution in [3.63, 3.8) is 0 Å². The van der Waals surface area contributed by atoms with Crippen LogP contribution in [-0.2, 0) is 9.59 Å². The van der Waals surface area contributed by atoms with Gasteiger partial charge in [0.1, 0.15) is 0 Å². The molecule has 1 saturated heterocycles. The molecule has 2 unspecified atom stereocenters. The summed E-state index contributed by atoms with van der Waals surface area (Å²) in [7, 11) is 0. The second kappa shape index (κ2) is 6.57. The molecular formula is C17H22N2O2. The molecule has 0 aliphatic carbocycles. The van der Waals surface area contributed by atoms with Crippen LogP contribution in [0, 0.1) is 5.92 Å². The van der Waals surface area contributed by atoms with Gasteiger partial charge in [-0.15, -0.1) is 0 Å². The molecule has 1 heterocycles. The van der Waals surface area contributed by atoms with E-state index in [9.17, 15) is 9.59 Å². The Morgan fingerprint density at radius 3 is 2.52 bits per heavy atom. The number of rotatable bonds is 3. The van der Waals surface area contributed by atoms with E-state index in [0.29, 0.717) is 6.54 Å². The van der Waals surface area contributed by atoms with Crippen molar-refractivity contribution in [2.45, 2.75) is 32.7 Å². The summed E-state index contributed by atoms with van der Waals surface area (Å²) >= 11 is 0. The first-order valence-corrected chi connectivity index (χ1v) is 7.32. The lowest BCUT2D eigenvalue weighted by molar-refractivity contribution is -0.133. The van der Waals surface area contributed by atoms with Gasteiger partial charge in [0.2, 0.25) is 11.8 Å². The molecule has 2 amide bonds. The molecule has 1 aromatic carbocycles. The van der Waals surface area contributed by atoms with Gasteiger partial charge >= 0.3 is 0 Å². The molecule has 4 nitrogen and oxygen atoms in total. The molecule has 2 N–H and O–H groups in total. The van der Waals surface area contributed by atoms with Crippen LogP contribution in [0.2, 0.25) is 0 Å². The summed E-state index contributed by atoms with van der Waals surface area (Å²) in [5, 5.41) is 0. The maximum Gasteiger partial charge on any atom is 0.247 e. The number of hydrogen-bond acceptors (Lipinski definition) is 2. The van der Waals surface area contributed by atoms with Crippen molar-refractivity contribution in [1.29, 1.82) is 0 Å². The summed E-state index contributed by atoms with van der Waals surface area (Å²) in [6, 6.07) is 9.94. The zero-order chi connectivity index (χ0) is 15.4. The Morgan fingerprint density at radius 2 is 1.90 bits per heavy atom. The van der Waals surface area contributed by atoms with E-state index >= 15 is 0 Å². The highest BCUT2D eigenvalue weighted by Crippen LogP contribution is 2.23. The largest absolute Gasteiger partial charge is 0.369 e. The number of nitrogens with zero attached hydrogens (tertiary/aromatic N) is 1. The summed E-state index contributed by atoms with van der Waals surface area (Å²) in [4.78, 5) is 25.6. The number of piperidine rings is 1. The molecule has 1 aromatic rings. The maximum atomic E-state index is 12.5. The maximum absolute atomic E-state index is 12.5. The van der Waals surface area contributed by atoms with Crippen LogP contribution in [0.3, 0.4) is 0 Å². The van der Waals surface area contributed by atoms with Gasteiger partial charge in [0.25, 0.3) is 0 Å². The smallest absolute Gasteiger partial charge is 0.247 e. The Bertz CT molecular complexity index is 551. The van der Waals surface area contributed by atoms with Gasteiger partial charge in [0.15, 0.2) is 0 Å². The quantitative estimate of drug-likeness (QED) is 0.866. The van der Waals surface area contributed by atoms with Crippen LogP contribution in [0.25, 0.3) is 5.57 Å². The molecule has 1 aliphatic rings. The first kappa shape index (κ1) is 15.3. The van der Waals surface area contributed by atoms with Gasteiger partial charge in [-0.3, -0.25) is 9.59 Å². The minimum atomic E-state index is -0.316. The van der Waals surface area contributed by atoms with Gasteiger partial charge in [-0.1, -0.05) is 30.3 Å². The minimum Gasteiger partial charge on any atom is -0.369 e. The van der Waals surface area contributed by atoms with E-state index in [1.165, 1.54) is 0 Å². The number of likely N-dealkylation sites (tertiary alicyclic amines) is 1. The molecule has 112 valence electrons. The second-order valence-electron chi connectivity index (χ2n) is 5.71. The predicted molar refractivity (Wildman–Crippen MR) is 83.2 cm³/mol. The second-order valence-corrected chi connectivity index (χ2v) is 5.71. The molecule has 4 heteroatoms. The van der Waals surface area contributed by atoms with Crippen molar-refractivity contribution < 1.29 is 9.59 Å². The average molecular weight is 286 g/mol. The number of primary amides is 1. The Morgan fingerprint density at radius 1 is 1.24 bits per heavy atom. The molecular weight excluding hydrogens is 264 g/mol. The molecule has 0 saturated carbocycles. The monoisotopic (exact) mass is 286 g/mol. The lowest BCUT2D eigenvalue weighted by Crippen LogP contribution is -2.48. The van der Waals surface area contributed by atoms with Crippen LogP contribution < -0.4 is 5.73 Å². The predicted octanol–water partition coefficient (Wildman–Crippen LogP) is 2.20. The van der Waals surface area contributed by atoms with E-state index in [-0.39, 0.29) is 23.8 Å². The molecule has 0 aromatic heterocycles. The van der Waals surface area contributed by atoms with Crippen LogP contribution in [0.1, 0.15) is 32.3 Å². The molecule has 1 fully saturated rings. The Hall–Kier alpha value is -2.10. The van der Waals surface area contributed by atoms with Crippen LogP contribution in [-0.4, -0.2) is 29.3 Å². The van der Waals surface area contributed by atoms with Gasteiger partial charge in [0, 0.05) is 18.7 Å². The summed E-state index contributed by atoms with van der Waals surface area (Å²) in [6.45, 7) is 4.36. The first-order valence-electron chi connectivity index (χ1n) is 7.32. The SMILES string of the molecule is CC(=CC(=O)N1CC(C(N)=O)CCC1C)c1ccccc1. The standard InChI is InChI=1S/C17H22N2O2/c1-12(14-6-4-3-5-7-14)10-16(20)19-11-15(17(18)21)9-8-13(19)2/h3-7,10,13,15H,8-9,11H2,1-2H3,(H2,18,21). The molecule has 21 heavy (non-hydrogen) atoms. The Kier molecular flexibility index (Phi) is 4.78. The Balaban J connectivity index is 2.13. The molecule has 2 rings (SSSR count). The zero-order valence-corrected chi connectivity index (χ0v) is 12.6. The van der Waals surface area contributed by atoms with E-state index in [1.807, 2.05) is 44.2 Å². The Labute approximate surface area is 125 Å². The van der Waals surface area contributed by atoms with Gasteiger partial charge < -0.3 is 10.6 Å². The number of nitrogens with two attached hydrogens (primary N) is 1. The van der Waals surface area contributed by atoms with Crippen molar-refractivity contribution in [2.75, 3.05) is 6.54 Å². The third kappa shape index (κ3) is 3.72. The normalized spacial score (nSPS) is 23.0. The van der Waals surface area contributed by atoms with Gasteiger partial charge in [-0.25, -0.2) is 0 Å². The van der Waals surface area contributed by atoms with Gasteiger partial charge in [-0.2, -0.15) is 0 Å². The third-order valence-electron chi connectivity index (χ3n) is 4.14. The van der Waals surface area contributed by atoms with Crippen LogP contribution >= 0.6 is 0 Å². The summed E-state index contributed by atoms with van der Waals surface area (Å²) in [6.07, 6.45) is 3.23. The molecule has 0 spiro atoms. The summed E-state index contributed by atoms with van der Waals surface area (Å²) < 4.78 is 0. The zero-order valence-electron chi connectivity index (χ0n) is 12.6. The fourth-order valence-electron chi connectivity index (χ4n) is 2.70. The highest BCUT2D eigenvalue weighted by molar-refractivity contribution is 5.95.